The molecule has 144 valence electrons. The number of aryl methyl sites for hydroxylation is 2. The maximum absolute atomic E-state index is 12.5. The van der Waals surface area contributed by atoms with Crippen LogP contribution in [0.4, 0.5) is 5.82 Å². The summed E-state index contributed by atoms with van der Waals surface area (Å²) in [5, 5.41) is 0. The molecule has 1 heterocycles. The van der Waals surface area contributed by atoms with Gasteiger partial charge in [0.05, 0.1) is 17.3 Å². The second-order valence-electron chi connectivity index (χ2n) is 7.01. The van der Waals surface area contributed by atoms with E-state index in [1.807, 2.05) is 26.1 Å². The van der Waals surface area contributed by atoms with Gasteiger partial charge in [0.25, 0.3) is 10.1 Å². The normalized spacial score (nSPS) is 20.8. The molecule has 7 heteroatoms. The number of nitrogens with zero attached hydrogens (tertiary/aromatic N) is 2. The zero-order chi connectivity index (χ0) is 19.4. The lowest BCUT2D eigenvalue weighted by molar-refractivity contribution is 0.153. The molecule has 1 saturated carbocycles. The van der Waals surface area contributed by atoms with Gasteiger partial charge in [-0.15, -0.1) is 0 Å². The van der Waals surface area contributed by atoms with Crippen LogP contribution in [0.3, 0.4) is 0 Å². The Morgan fingerprint density at radius 1 is 1.15 bits per heavy atom. The number of rotatable bonds is 5. The Kier molecular flexibility index (Phi) is 5.92. The third kappa shape index (κ3) is 4.73. The first-order valence-corrected chi connectivity index (χ1v) is 10.5. The molecule has 27 heavy (non-hydrogen) atoms. The number of benzene rings is 1. The fraction of sp³-hybridized carbons (Fsp3) is 0.400. The Morgan fingerprint density at radius 3 is 2.41 bits per heavy atom. The van der Waals surface area contributed by atoms with Crippen LogP contribution in [0.1, 0.15) is 48.3 Å². The molecule has 0 unspecified atom stereocenters. The highest BCUT2D eigenvalue weighted by molar-refractivity contribution is 7.86. The van der Waals surface area contributed by atoms with Gasteiger partial charge in [-0.2, -0.15) is 8.42 Å². The van der Waals surface area contributed by atoms with Crippen molar-refractivity contribution in [3.05, 3.63) is 53.2 Å². The Balaban J connectivity index is 1.63. The first kappa shape index (κ1) is 19.5. The molecule has 0 saturated heterocycles. The smallest absolute Gasteiger partial charge is 0.297 e. The number of aromatic nitrogens is 1. The summed E-state index contributed by atoms with van der Waals surface area (Å²) in [7, 11) is -3.72. The van der Waals surface area contributed by atoms with Crippen LogP contribution in [0.25, 0.3) is 0 Å². The van der Waals surface area contributed by atoms with E-state index in [9.17, 15) is 8.42 Å². The van der Waals surface area contributed by atoms with Gasteiger partial charge in [0, 0.05) is 6.20 Å². The van der Waals surface area contributed by atoms with Crippen LogP contribution in [-0.4, -0.2) is 25.8 Å². The summed E-state index contributed by atoms with van der Waals surface area (Å²) in [4.78, 5) is 8.53. The maximum atomic E-state index is 12.5. The molecule has 2 aromatic rings. The lowest BCUT2D eigenvalue weighted by atomic mass is 9.82. The number of hydrogen-bond donors (Lipinski definition) is 1. The van der Waals surface area contributed by atoms with E-state index >= 15 is 0 Å². The van der Waals surface area contributed by atoms with Gasteiger partial charge in [-0.1, -0.05) is 17.7 Å². The zero-order valence-corrected chi connectivity index (χ0v) is 16.4. The van der Waals surface area contributed by atoms with Gasteiger partial charge in [-0.25, -0.2) is 9.98 Å². The van der Waals surface area contributed by atoms with Crippen molar-refractivity contribution < 1.29 is 12.6 Å². The summed E-state index contributed by atoms with van der Waals surface area (Å²) >= 11 is 0. The van der Waals surface area contributed by atoms with Crippen molar-refractivity contribution in [1.29, 1.82) is 0 Å². The van der Waals surface area contributed by atoms with E-state index < -0.39 is 10.1 Å². The molecular weight excluding hydrogens is 362 g/mol. The van der Waals surface area contributed by atoms with Gasteiger partial charge in [-0.05, 0) is 74.8 Å². The highest BCUT2D eigenvalue weighted by Crippen LogP contribution is 2.36. The van der Waals surface area contributed by atoms with E-state index in [4.69, 9.17) is 9.92 Å². The molecule has 0 radical (unpaired) electrons. The monoisotopic (exact) mass is 387 g/mol. The maximum Gasteiger partial charge on any atom is 0.297 e. The van der Waals surface area contributed by atoms with Crippen molar-refractivity contribution in [2.75, 3.05) is 0 Å². The van der Waals surface area contributed by atoms with Crippen LogP contribution in [0.15, 0.2) is 46.4 Å². The fourth-order valence-corrected chi connectivity index (χ4v) is 4.67. The third-order valence-corrected chi connectivity index (χ3v) is 6.41. The molecule has 2 N–H and O–H groups in total. The van der Waals surface area contributed by atoms with E-state index in [0.717, 1.165) is 24.0 Å². The number of hydrogen-bond acceptors (Lipinski definition) is 5. The summed E-state index contributed by atoms with van der Waals surface area (Å²) in [6.07, 6.45) is 5.97. The van der Waals surface area contributed by atoms with Crippen LogP contribution in [-0.2, 0) is 14.3 Å². The second-order valence-corrected chi connectivity index (χ2v) is 8.59. The summed E-state index contributed by atoms with van der Waals surface area (Å²) < 4.78 is 30.4. The lowest BCUT2D eigenvalue weighted by Crippen LogP contribution is -2.24. The predicted octanol–water partition coefficient (Wildman–Crippen LogP) is 3.75. The first-order valence-electron chi connectivity index (χ1n) is 9.10. The van der Waals surface area contributed by atoms with Crippen LogP contribution >= 0.6 is 0 Å². The van der Waals surface area contributed by atoms with Crippen molar-refractivity contribution in [2.24, 2.45) is 10.7 Å². The number of pyridine rings is 1. The Labute approximate surface area is 160 Å². The Bertz CT molecular complexity index is 916. The van der Waals surface area contributed by atoms with Crippen molar-refractivity contribution in [3.63, 3.8) is 0 Å². The number of nitrogens with two attached hydrogens (primary N) is 1. The summed E-state index contributed by atoms with van der Waals surface area (Å²) in [5.74, 6) is 0.954. The molecule has 1 aliphatic rings. The summed E-state index contributed by atoms with van der Waals surface area (Å²) in [6.45, 7) is 3.96. The molecule has 0 bridgehead atoms. The van der Waals surface area contributed by atoms with Crippen molar-refractivity contribution >= 4 is 22.3 Å². The Hall–Kier alpha value is -2.25. The van der Waals surface area contributed by atoms with Crippen LogP contribution < -0.4 is 5.73 Å². The predicted molar refractivity (Wildman–Crippen MR) is 106 cm³/mol. The van der Waals surface area contributed by atoms with E-state index in [1.54, 1.807) is 24.3 Å². The van der Waals surface area contributed by atoms with E-state index in [-0.39, 0.29) is 11.0 Å². The van der Waals surface area contributed by atoms with Crippen LogP contribution in [0, 0.1) is 13.8 Å². The van der Waals surface area contributed by atoms with Gasteiger partial charge >= 0.3 is 0 Å². The highest BCUT2D eigenvalue weighted by Gasteiger charge is 2.28. The molecule has 3 rings (SSSR count). The fourth-order valence-electron chi connectivity index (χ4n) is 3.54. The van der Waals surface area contributed by atoms with Gasteiger partial charge < -0.3 is 5.73 Å². The molecule has 1 fully saturated rings. The molecule has 1 aliphatic carbocycles. The van der Waals surface area contributed by atoms with E-state index in [0.29, 0.717) is 24.6 Å². The van der Waals surface area contributed by atoms with Gasteiger partial charge in [0.2, 0.25) is 0 Å². The van der Waals surface area contributed by atoms with Crippen molar-refractivity contribution in [1.82, 2.24) is 4.98 Å². The van der Waals surface area contributed by atoms with Crippen LogP contribution in [0.2, 0.25) is 0 Å². The minimum absolute atomic E-state index is 0.214. The summed E-state index contributed by atoms with van der Waals surface area (Å²) in [6, 6.07) is 8.67. The molecule has 0 spiro atoms. The minimum Gasteiger partial charge on any atom is -0.390 e. The molecule has 1 aromatic heterocycles. The largest absolute Gasteiger partial charge is 0.390 e. The lowest BCUT2D eigenvalue weighted by Gasteiger charge is -2.29. The van der Waals surface area contributed by atoms with Gasteiger partial charge in [0.15, 0.2) is 5.82 Å². The average Bonchev–Trinajstić information content (AvgIpc) is 2.63. The van der Waals surface area contributed by atoms with Gasteiger partial charge in [-0.3, -0.25) is 4.18 Å². The molecule has 1 aromatic carbocycles. The standard InChI is InChI=1S/C20H25N3O3S/c1-14-3-9-18(10-4-14)27(24,25)26-17-7-5-16(6-8-17)19-12-22-20(23-13-21)11-15(19)2/h3-4,9-13,16-17H,5-8H2,1-2H3,(H2,21,22,23). The molecule has 0 aliphatic heterocycles. The average molecular weight is 388 g/mol. The minimum atomic E-state index is -3.72. The number of aliphatic imine (C=N–C) groups is 1. The molecule has 6 nitrogen and oxygen atoms in total. The van der Waals surface area contributed by atoms with Crippen molar-refractivity contribution in [3.8, 4) is 0 Å². The highest BCUT2D eigenvalue weighted by atomic mass is 32.2. The quantitative estimate of drug-likeness (QED) is 0.479. The second kappa shape index (κ2) is 8.19. The summed E-state index contributed by atoms with van der Waals surface area (Å²) in [5.41, 5.74) is 8.64. The Morgan fingerprint density at radius 2 is 1.81 bits per heavy atom. The third-order valence-electron chi connectivity index (χ3n) is 5.03. The molecule has 0 amide bonds. The first-order chi connectivity index (χ1) is 12.9. The zero-order valence-electron chi connectivity index (χ0n) is 15.6. The van der Waals surface area contributed by atoms with Gasteiger partial charge in [0.1, 0.15) is 0 Å². The molecule has 0 atom stereocenters. The SMILES string of the molecule is Cc1ccc(S(=O)(=O)OC2CCC(c3cnc(N=CN)cc3C)CC2)cc1. The van der Waals surface area contributed by atoms with Crippen LogP contribution in [0.5, 0.6) is 0 Å². The molecular formula is C20H25N3O3S. The van der Waals surface area contributed by atoms with Crippen molar-refractivity contribution in [2.45, 2.75) is 56.4 Å². The van der Waals surface area contributed by atoms with E-state index in [1.165, 1.54) is 11.9 Å². The topological polar surface area (TPSA) is 94.6 Å². The van der Waals surface area contributed by atoms with E-state index in [2.05, 4.69) is 9.98 Å².